The molecule has 8 nitrogen and oxygen atoms in total. The van der Waals surface area contributed by atoms with Crippen LogP contribution in [0.5, 0.6) is 5.75 Å². The molecule has 2 N–H and O–H groups in total. The first-order chi connectivity index (χ1) is 17.0. The second-order valence-electron chi connectivity index (χ2n) is 8.25. The molecule has 1 atom stereocenters. The number of aromatic amines is 1. The molecule has 0 spiro atoms. The van der Waals surface area contributed by atoms with Crippen LogP contribution >= 0.6 is 0 Å². The number of nitrogens with one attached hydrogen (secondary N) is 2. The molecule has 1 amide bonds. The van der Waals surface area contributed by atoms with E-state index in [0.717, 1.165) is 22.0 Å². The number of aromatic nitrogens is 1. The van der Waals surface area contributed by atoms with Crippen molar-refractivity contribution in [3.63, 3.8) is 0 Å². The Kier molecular flexibility index (Phi) is 6.29. The molecule has 5 rings (SSSR count). The van der Waals surface area contributed by atoms with Gasteiger partial charge in [0.15, 0.2) is 0 Å². The molecule has 0 unspecified atom stereocenters. The Balaban J connectivity index is 1.49. The summed E-state index contributed by atoms with van der Waals surface area (Å²) in [5.74, 6) is -0.0189. The van der Waals surface area contributed by atoms with Gasteiger partial charge in [0, 0.05) is 23.1 Å². The number of H-pyrrole nitrogens is 1. The Labute approximate surface area is 203 Å². The van der Waals surface area contributed by atoms with Crippen molar-refractivity contribution in [2.75, 3.05) is 13.7 Å². The predicted octanol–water partition coefficient (Wildman–Crippen LogP) is 3.71. The van der Waals surface area contributed by atoms with Crippen molar-refractivity contribution in [2.24, 2.45) is 0 Å². The molecule has 0 radical (unpaired) electrons. The van der Waals surface area contributed by atoms with E-state index >= 15 is 0 Å². The zero-order chi connectivity index (χ0) is 24.4. The van der Waals surface area contributed by atoms with Gasteiger partial charge < -0.3 is 9.72 Å². The smallest absolute Gasteiger partial charge is 0.268 e. The van der Waals surface area contributed by atoms with Gasteiger partial charge in [-0.2, -0.15) is 4.31 Å². The average Bonchev–Trinajstić information content (AvgIpc) is 3.27. The summed E-state index contributed by atoms with van der Waals surface area (Å²) < 4.78 is 33.7. The summed E-state index contributed by atoms with van der Waals surface area (Å²) in [6.45, 7) is 0.310. The molecule has 0 fully saturated rings. The molecule has 0 saturated heterocycles. The number of hydrogen-bond acceptors (Lipinski definition) is 5. The first kappa shape index (κ1) is 23.1. The van der Waals surface area contributed by atoms with Crippen molar-refractivity contribution in [3.05, 3.63) is 95.7 Å². The molecule has 1 aromatic heterocycles. The van der Waals surface area contributed by atoms with Crippen LogP contribution in [0.25, 0.3) is 10.9 Å². The number of nitrogens with zero attached hydrogens (tertiary/aromatic N) is 1. The van der Waals surface area contributed by atoms with Crippen molar-refractivity contribution >= 4 is 26.8 Å². The van der Waals surface area contributed by atoms with Gasteiger partial charge in [-0.25, -0.2) is 13.9 Å². The Morgan fingerprint density at radius 1 is 1.03 bits per heavy atom. The van der Waals surface area contributed by atoms with Crippen molar-refractivity contribution in [2.45, 2.75) is 24.0 Å². The predicted molar refractivity (Wildman–Crippen MR) is 131 cm³/mol. The van der Waals surface area contributed by atoms with E-state index in [9.17, 15) is 13.2 Å². The van der Waals surface area contributed by atoms with E-state index in [1.165, 1.54) is 23.5 Å². The molecule has 0 saturated carbocycles. The lowest BCUT2D eigenvalue weighted by Gasteiger charge is -2.33. The highest BCUT2D eigenvalue weighted by atomic mass is 32.2. The van der Waals surface area contributed by atoms with E-state index in [1.54, 1.807) is 12.1 Å². The molecule has 0 aliphatic carbocycles. The highest BCUT2D eigenvalue weighted by Crippen LogP contribution is 2.38. The van der Waals surface area contributed by atoms with Crippen LogP contribution in [-0.4, -0.2) is 37.3 Å². The lowest BCUT2D eigenvalue weighted by Crippen LogP contribution is -2.47. The van der Waals surface area contributed by atoms with Crippen molar-refractivity contribution in [1.29, 1.82) is 0 Å². The minimum absolute atomic E-state index is 0.0841. The summed E-state index contributed by atoms with van der Waals surface area (Å²) in [6, 6.07) is 22.1. The van der Waals surface area contributed by atoms with Gasteiger partial charge in [0.2, 0.25) is 10.0 Å². The second kappa shape index (κ2) is 9.53. The number of amides is 1. The maximum Gasteiger partial charge on any atom is 0.268 e. The maximum atomic E-state index is 13.7. The number of ether oxygens (including phenoxy) is 1. The molecule has 3 aromatic carbocycles. The number of rotatable bonds is 7. The molecular formula is C26H25N3O5S. The third-order valence-corrected chi connectivity index (χ3v) is 8.04. The summed E-state index contributed by atoms with van der Waals surface area (Å²) in [4.78, 5) is 22.3. The van der Waals surface area contributed by atoms with E-state index in [4.69, 9.17) is 9.57 Å². The Morgan fingerprint density at radius 3 is 2.49 bits per heavy atom. The van der Waals surface area contributed by atoms with Crippen LogP contribution in [0.2, 0.25) is 0 Å². The lowest BCUT2D eigenvalue weighted by molar-refractivity contribution is -0.139. The topological polar surface area (TPSA) is 101 Å². The van der Waals surface area contributed by atoms with Gasteiger partial charge >= 0.3 is 0 Å². The van der Waals surface area contributed by atoms with Gasteiger partial charge in [-0.05, 0) is 47.9 Å². The highest BCUT2D eigenvalue weighted by molar-refractivity contribution is 7.89. The molecule has 1 aliphatic heterocycles. The molecule has 1 aliphatic rings. The number of sulfonamides is 1. The summed E-state index contributed by atoms with van der Waals surface area (Å²) in [6.07, 6.45) is 0.476. The third kappa shape index (κ3) is 4.41. The van der Waals surface area contributed by atoms with Crippen LogP contribution in [0.3, 0.4) is 0 Å². The number of benzene rings is 3. The average molecular weight is 492 g/mol. The van der Waals surface area contributed by atoms with Crippen LogP contribution in [0.4, 0.5) is 0 Å². The first-order valence-electron chi connectivity index (χ1n) is 11.2. The standard InChI is InChI=1S/C26H25N3O5S/c1-33-19-11-13-20(14-12-19)35(31,32)29-16-15-22-21-9-5-6-10-23(21)27-24(22)25(29)26(30)28-34-17-18-7-3-2-4-8-18/h2-14,25,27H,15-17H2,1H3,(H,28,30)/t25-/m0/s1. The van der Waals surface area contributed by atoms with E-state index < -0.39 is 22.0 Å². The van der Waals surface area contributed by atoms with Gasteiger partial charge in [0.05, 0.1) is 18.6 Å². The zero-order valence-corrected chi connectivity index (χ0v) is 19.9. The van der Waals surface area contributed by atoms with E-state index in [2.05, 4.69) is 10.5 Å². The molecule has 9 heteroatoms. The maximum absolute atomic E-state index is 13.7. The second-order valence-corrected chi connectivity index (χ2v) is 10.1. The molecule has 0 bridgehead atoms. The fraction of sp³-hybridized carbons (Fsp3) is 0.192. The van der Waals surface area contributed by atoms with Gasteiger partial charge in [0.1, 0.15) is 11.8 Å². The fourth-order valence-electron chi connectivity index (χ4n) is 4.44. The van der Waals surface area contributed by atoms with Crippen molar-refractivity contribution in [1.82, 2.24) is 14.8 Å². The van der Waals surface area contributed by atoms with Crippen molar-refractivity contribution < 1.29 is 22.8 Å². The number of hydrogen-bond donors (Lipinski definition) is 2. The lowest BCUT2D eigenvalue weighted by atomic mass is 9.99. The molecule has 4 aromatic rings. The van der Waals surface area contributed by atoms with E-state index in [1.807, 2.05) is 54.6 Å². The van der Waals surface area contributed by atoms with Crippen LogP contribution < -0.4 is 10.2 Å². The Hall–Kier alpha value is -3.66. The summed E-state index contributed by atoms with van der Waals surface area (Å²) in [7, 11) is -2.48. The molecule has 180 valence electrons. The van der Waals surface area contributed by atoms with Gasteiger partial charge in [-0.15, -0.1) is 0 Å². The van der Waals surface area contributed by atoms with E-state index in [-0.39, 0.29) is 18.0 Å². The number of para-hydroxylation sites is 1. The number of carbonyl (C=O) groups excluding carboxylic acids is 1. The zero-order valence-electron chi connectivity index (χ0n) is 19.1. The van der Waals surface area contributed by atoms with Crippen LogP contribution in [-0.2, 0) is 32.7 Å². The monoisotopic (exact) mass is 491 g/mol. The van der Waals surface area contributed by atoms with Gasteiger partial charge in [0.25, 0.3) is 5.91 Å². The summed E-state index contributed by atoms with van der Waals surface area (Å²) in [5.41, 5.74) is 5.69. The minimum Gasteiger partial charge on any atom is -0.497 e. The number of fused-ring (bicyclic) bond motifs is 3. The Bertz CT molecular complexity index is 1450. The fourth-order valence-corrected chi connectivity index (χ4v) is 6.00. The van der Waals surface area contributed by atoms with Gasteiger partial charge in [-0.1, -0.05) is 48.5 Å². The SMILES string of the molecule is COc1ccc(S(=O)(=O)N2CCc3c([nH]c4ccccc34)[C@H]2C(=O)NOCc2ccccc2)cc1. The quantitative estimate of drug-likeness (QED) is 0.384. The largest absolute Gasteiger partial charge is 0.497 e. The normalized spacial score (nSPS) is 16.1. The summed E-state index contributed by atoms with van der Waals surface area (Å²) >= 11 is 0. The molecule has 2 heterocycles. The van der Waals surface area contributed by atoms with Crippen LogP contribution in [0.15, 0.2) is 83.8 Å². The third-order valence-electron chi connectivity index (χ3n) is 6.16. The van der Waals surface area contributed by atoms with Crippen molar-refractivity contribution in [3.8, 4) is 5.75 Å². The van der Waals surface area contributed by atoms with E-state index in [0.29, 0.717) is 17.9 Å². The Morgan fingerprint density at radius 2 is 1.74 bits per heavy atom. The molecule has 35 heavy (non-hydrogen) atoms. The highest BCUT2D eigenvalue weighted by Gasteiger charge is 2.42. The number of carbonyl (C=O) groups is 1. The summed E-state index contributed by atoms with van der Waals surface area (Å²) in [5, 5.41) is 0.979. The first-order valence-corrected chi connectivity index (χ1v) is 12.6. The number of methoxy groups -OCH3 is 1. The molecular weight excluding hydrogens is 466 g/mol. The van der Waals surface area contributed by atoms with Crippen LogP contribution in [0, 0.1) is 0 Å². The number of hydroxylamine groups is 1. The minimum atomic E-state index is -4.00. The van der Waals surface area contributed by atoms with Gasteiger partial charge in [-0.3, -0.25) is 9.63 Å². The van der Waals surface area contributed by atoms with Crippen LogP contribution in [0.1, 0.15) is 22.9 Å².